The molecule has 1 aliphatic carbocycles. The molecule has 2 fully saturated rings. The van der Waals surface area contributed by atoms with Crippen molar-refractivity contribution in [3.8, 4) is 0 Å². The zero-order chi connectivity index (χ0) is 12.1. The van der Waals surface area contributed by atoms with E-state index in [0.717, 1.165) is 24.0 Å². The van der Waals surface area contributed by atoms with Crippen molar-refractivity contribution in [2.24, 2.45) is 11.8 Å². The SMILES string of the molecule is Cl.O=C(NC1C2CNCC21)c1csc2ccccc12. The Hall–Kier alpha value is -1.10. The van der Waals surface area contributed by atoms with Crippen molar-refractivity contribution in [3.63, 3.8) is 0 Å². The van der Waals surface area contributed by atoms with Gasteiger partial charge in [-0.3, -0.25) is 4.79 Å². The van der Waals surface area contributed by atoms with Crippen LogP contribution in [0.25, 0.3) is 10.1 Å². The fourth-order valence-electron chi connectivity index (χ4n) is 3.02. The number of piperidine rings is 1. The number of benzene rings is 1. The quantitative estimate of drug-likeness (QED) is 0.892. The molecule has 2 atom stereocenters. The van der Waals surface area contributed by atoms with Gasteiger partial charge in [-0.15, -0.1) is 23.7 Å². The number of fused-ring (bicyclic) bond motifs is 2. The topological polar surface area (TPSA) is 41.1 Å². The summed E-state index contributed by atoms with van der Waals surface area (Å²) < 4.78 is 1.18. The van der Waals surface area contributed by atoms with E-state index in [0.29, 0.717) is 17.9 Å². The van der Waals surface area contributed by atoms with Crippen LogP contribution in [-0.2, 0) is 0 Å². The maximum atomic E-state index is 12.3. The minimum atomic E-state index is 0. The van der Waals surface area contributed by atoms with Gasteiger partial charge in [-0.05, 0) is 17.9 Å². The molecule has 0 radical (unpaired) electrons. The Morgan fingerprint density at radius 2 is 2.00 bits per heavy atom. The lowest BCUT2D eigenvalue weighted by Crippen LogP contribution is -2.32. The third-order valence-corrected chi connectivity index (χ3v) is 5.08. The molecular weight excluding hydrogens is 280 g/mol. The van der Waals surface area contributed by atoms with Crippen LogP contribution in [0, 0.1) is 11.8 Å². The van der Waals surface area contributed by atoms with Gasteiger partial charge in [-0.2, -0.15) is 0 Å². The van der Waals surface area contributed by atoms with Crippen LogP contribution in [0.2, 0.25) is 0 Å². The first-order valence-corrected chi connectivity index (χ1v) is 7.20. The fourth-order valence-corrected chi connectivity index (χ4v) is 3.96. The van der Waals surface area contributed by atoms with Gasteiger partial charge in [0, 0.05) is 34.6 Å². The number of halogens is 1. The standard InChI is InChI=1S/C14H14N2OS.ClH/c17-14(16-13-9-5-15-6-10(9)13)11-7-18-12-4-2-1-3-8(11)12;/h1-4,7,9-10,13,15H,5-6H2,(H,16,17);1H. The van der Waals surface area contributed by atoms with Crippen molar-refractivity contribution >= 4 is 39.7 Å². The molecule has 1 aromatic heterocycles. The molecule has 2 aromatic rings. The van der Waals surface area contributed by atoms with E-state index < -0.39 is 0 Å². The Bertz CT molecular complexity index is 617. The number of hydrogen-bond acceptors (Lipinski definition) is 3. The van der Waals surface area contributed by atoms with Crippen molar-refractivity contribution < 1.29 is 4.79 Å². The lowest BCUT2D eigenvalue weighted by atomic mass is 10.1. The second-order valence-corrected chi connectivity index (χ2v) is 6.04. The summed E-state index contributed by atoms with van der Waals surface area (Å²) in [5, 5.41) is 9.56. The van der Waals surface area contributed by atoms with Crippen molar-refractivity contribution in [2.45, 2.75) is 6.04 Å². The highest BCUT2D eigenvalue weighted by molar-refractivity contribution is 7.17. The van der Waals surface area contributed by atoms with Crippen LogP contribution in [0.15, 0.2) is 29.6 Å². The average molecular weight is 295 g/mol. The third-order valence-electron chi connectivity index (χ3n) is 4.12. The minimum absolute atomic E-state index is 0. The summed E-state index contributed by atoms with van der Waals surface area (Å²) in [6.45, 7) is 2.11. The van der Waals surface area contributed by atoms with Crippen molar-refractivity contribution in [2.75, 3.05) is 13.1 Å². The first-order chi connectivity index (χ1) is 8.84. The molecule has 2 aliphatic rings. The van der Waals surface area contributed by atoms with Gasteiger partial charge in [0.05, 0.1) is 5.56 Å². The monoisotopic (exact) mass is 294 g/mol. The van der Waals surface area contributed by atoms with E-state index in [2.05, 4.69) is 16.7 Å². The van der Waals surface area contributed by atoms with Crippen LogP contribution >= 0.6 is 23.7 Å². The molecule has 2 unspecified atom stereocenters. The van der Waals surface area contributed by atoms with Gasteiger partial charge in [0.25, 0.3) is 5.91 Å². The normalized spacial score (nSPS) is 27.7. The van der Waals surface area contributed by atoms with Gasteiger partial charge < -0.3 is 10.6 Å². The molecule has 1 saturated carbocycles. The number of amides is 1. The second-order valence-electron chi connectivity index (χ2n) is 5.13. The van der Waals surface area contributed by atoms with Gasteiger partial charge >= 0.3 is 0 Å². The molecular formula is C14H15ClN2OS. The molecule has 0 spiro atoms. The molecule has 1 saturated heterocycles. The molecule has 100 valence electrons. The molecule has 1 aliphatic heterocycles. The minimum Gasteiger partial charge on any atom is -0.349 e. The Morgan fingerprint density at radius 3 is 2.79 bits per heavy atom. The molecule has 19 heavy (non-hydrogen) atoms. The molecule has 2 N–H and O–H groups in total. The summed E-state index contributed by atoms with van der Waals surface area (Å²) in [5.74, 6) is 1.42. The third kappa shape index (κ3) is 2.04. The number of rotatable bonds is 2. The van der Waals surface area contributed by atoms with E-state index in [-0.39, 0.29) is 18.3 Å². The number of thiophene rings is 1. The molecule has 1 amide bonds. The summed E-state index contributed by atoms with van der Waals surface area (Å²) >= 11 is 1.64. The molecule has 4 rings (SSSR count). The number of hydrogen-bond donors (Lipinski definition) is 2. The molecule has 3 nitrogen and oxygen atoms in total. The highest BCUT2D eigenvalue weighted by atomic mass is 35.5. The lowest BCUT2D eigenvalue weighted by molar-refractivity contribution is 0.0948. The predicted molar refractivity (Wildman–Crippen MR) is 80.2 cm³/mol. The first-order valence-electron chi connectivity index (χ1n) is 6.32. The van der Waals surface area contributed by atoms with Gasteiger partial charge in [0.15, 0.2) is 0 Å². The summed E-state index contributed by atoms with van der Waals surface area (Å²) in [5.41, 5.74) is 0.827. The van der Waals surface area contributed by atoms with Gasteiger partial charge in [-0.1, -0.05) is 18.2 Å². The van der Waals surface area contributed by atoms with Crippen LogP contribution < -0.4 is 10.6 Å². The predicted octanol–water partition coefficient (Wildman–Crippen LogP) is 2.27. The van der Waals surface area contributed by atoms with Crippen LogP contribution in [0.5, 0.6) is 0 Å². The number of nitrogens with one attached hydrogen (secondary N) is 2. The van der Waals surface area contributed by atoms with Gasteiger partial charge in [0.1, 0.15) is 0 Å². The van der Waals surface area contributed by atoms with Crippen molar-refractivity contribution in [1.29, 1.82) is 0 Å². The maximum Gasteiger partial charge on any atom is 0.252 e. The van der Waals surface area contributed by atoms with Crippen molar-refractivity contribution in [1.82, 2.24) is 10.6 Å². The highest BCUT2D eigenvalue weighted by Crippen LogP contribution is 2.42. The van der Waals surface area contributed by atoms with E-state index >= 15 is 0 Å². The average Bonchev–Trinajstić information content (AvgIpc) is 2.84. The van der Waals surface area contributed by atoms with E-state index in [1.807, 2.05) is 23.6 Å². The van der Waals surface area contributed by atoms with Crippen LogP contribution in [0.4, 0.5) is 0 Å². The number of carbonyl (C=O) groups is 1. The maximum absolute atomic E-state index is 12.3. The summed E-state index contributed by atoms with van der Waals surface area (Å²) in [6, 6.07) is 8.49. The van der Waals surface area contributed by atoms with E-state index in [4.69, 9.17) is 0 Å². The van der Waals surface area contributed by atoms with Crippen molar-refractivity contribution in [3.05, 3.63) is 35.2 Å². The summed E-state index contributed by atoms with van der Waals surface area (Å²) in [4.78, 5) is 12.3. The Morgan fingerprint density at radius 1 is 1.26 bits per heavy atom. The van der Waals surface area contributed by atoms with Crippen LogP contribution in [-0.4, -0.2) is 25.0 Å². The Labute approximate surface area is 121 Å². The zero-order valence-corrected chi connectivity index (χ0v) is 11.9. The molecule has 0 bridgehead atoms. The van der Waals surface area contributed by atoms with Gasteiger partial charge in [0.2, 0.25) is 0 Å². The smallest absolute Gasteiger partial charge is 0.252 e. The lowest BCUT2D eigenvalue weighted by Gasteiger charge is -2.07. The van der Waals surface area contributed by atoms with Crippen LogP contribution in [0.3, 0.4) is 0 Å². The summed E-state index contributed by atoms with van der Waals surface area (Å²) in [7, 11) is 0. The van der Waals surface area contributed by atoms with E-state index in [1.54, 1.807) is 11.3 Å². The van der Waals surface area contributed by atoms with E-state index in [1.165, 1.54) is 4.70 Å². The Kier molecular flexibility index (Phi) is 3.25. The number of carbonyl (C=O) groups excluding carboxylic acids is 1. The fraction of sp³-hybridized carbons (Fsp3) is 0.357. The molecule has 5 heteroatoms. The second kappa shape index (κ2) is 4.78. The molecule has 2 heterocycles. The zero-order valence-electron chi connectivity index (χ0n) is 10.3. The van der Waals surface area contributed by atoms with E-state index in [9.17, 15) is 4.79 Å². The summed E-state index contributed by atoms with van der Waals surface area (Å²) in [6.07, 6.45) is 0. The molecule has 1 aromatic carbocycles. The highest BCUT2D eigenvalue weighted by Gasteiger charge is 2.53. The van der Waals surface area contributed by atoms with Crippen LogP contribution in [0.1, 0.15) is 10.4 Å². The Balaban J connectivity index is 0.00000110. The largest absolute Gasteiger partial charge is 0.349 e. The first kappa shape index (κ1) is 12.9. The van der Waals surface area contributed by atoms with Gasteiger partial charge in [-0.25, -0.2) is 0 Å².